The van der Waals surface area contributed by atoms with Gasteiger partial charge in [0.2, 0.25) is 17.7 Å². The molecule has 11 heteroatoms. The van der Waals surface area contributed by atoms with Crippen LogP contribution in [0.1, 0.15) is 12.5 Å². The monoisotopic (exact) mass is 462 g/mol. The first-order chi connectivity index (χ1) is 16.3. The quantitative estimate of drug-likeness (QED) is 0.235. The standard InChI is InChI=1S/C23H22N6O5/c1-12(30)26-18(9-13-10-24-16-7-3-2-5-14(13)16)22(33)25-11-19(31)27-17-8-4-6-15-20(17)23(34)29-28-21(15)32/h2-8,10,18,24H,9,11H2,1H3,(H,25,33)(H,26,30)(H,27,31)(H,28,32)(H,29,34)/t18-/m1/s1. The van der Waals surface area contributed by atoms with Crippen LogP contribution in [-0.2, 0) is 20.8 Å². The summed E-state index contributed by atoms with van der Waals surface area (Å²) in [7, 11) is 0. The van der Waals surface area contributed by atoms with Gasteiger partial charge in [0.1, 0.15) is 6.04 Å². The van der Waals surface area contributed by atoms with Gasteiger partial charge in [0.15, 0.2) is 0 Å². The Kier molecular flexibility index (Phi) is 6.26. The van der Waals surface area contributed by atoms with E-state index < -0.39 is 35.5 Å². The number of carbonyl (C=O) groups excluding carboxylic acids is 3. The number of carbonyl (C=O) groups is 3. The average Bonchev–Trinajstić information content (AvgIpc) is 3.22. The molecule has 1 atom stereocenters. The summed E-state index contributed by atoms with van der Waals surface area (Å²) in [5.41, 5.74) is 0.812. The maximum absolute atomic E-state index is 12.8. The van der Waals surface area contributed by atoms with Gasteiger partial charge in [-0.3, -0.25) is 34.2 Å². The third kappa shape index (κ3) is 4.72. The van der Waals surface area contributed by atoms with Crippen LogP contribution in [0.3, 0.4) is 0 Å². The lowest BCUT2D eigenvalue weighted by atomic mass is 10.0. The number of fused-ring (bicyclic) bond motifs is 2. The number of para-hydroxylation sites is 1. The maximum Gasteiger partial charge on any atom is 0.272 e. The van der Waals surface area contributed by atoms with E-state index in [2.05, 4.69) is 31.1 Å². The van der Waals surface area contributed by atoms with Gasteiger partial charge in [-0.25, -0.2) is 0 Å². The molecule has 0 aliphatic carbocycles. The summed E-state index contributed by atoms with van der Waals surface area (Å²) < 4.78 is 0. The van der Waals surface area contributed by atoms with Gasteiger partial charge in [-0.05, 0) is 23.8 Å². The van der Waals surface area contributed by atoms with Crippen molar-refractivity contribution in [3.05, 3.63) is 74.9 Å². The number of hydrogen-bond acceptors (Lipinski definition) is 5. The fourth-order valence-corrected chi connectivity index (χ4v) is 3.79. The van der Waals surface area contributed by atoms with Gasteiger partial charge in [-0.1, -0.05) is 24.3 Å². The molecule has 0 saturated carbocycles. The van der Waals surface area contributed by atoms with E-state index in [1.807, 2.05) is 24.3 Å². The number of rotatable bonds is 7. The third-order valence-electron chi connectivity index (χ3n) is 5.32. The molecule has 0 radical (unpaired) electrons. The van der Waals surface area contributed by atoms with E-state index in [0.29, 0.717) is 0 Å². The SMILES string of the molecule is CC(=O)N[C@H](Cc1c[nH]c2ccccc12)C(=O)NCC(=O)Nc1cccc2c(=O)[nH][nH]c(=O)c12. The average molecular weight is 462 g/mol. The molecule has 0 unspecified atom stereocenters. The van der Waals surface area contributed by atoms with Crippen molar-refractivity contribution in [3.63, 3.8) is 0 Å². The van der Waals surface area contributed by atoms with E-state index in [-0.39, 0.29) is 28.8 Å². The Balaban J connectivity index is 1.46. The van der Waals surface area contributed by atoms with Crippen molar-refractivity contribution in [2.24, 2.45) is 0 Å². The van der Waals surface area contributed by atoms with Crippen molar-refractivity contribution in [3.8, 4) is 0 Å². The lowest BCUT2D eigenvalue weighted by Crippen LogP contribution is -2.49. The lowest BCUT2D eigenvalue weighted by molar-refractivity contribution is -0.129. The minimum atomic E-state index is -0.900. The molecule has 2 heterocycles. The first-order valence-corrected chi connectivity index (χ1v) is 10.5. The van der Waals surface area contributed by atoms with Crippen LogP contribution < -0.4 is 27.1 Å². The molecule has 4 rings (SSSR count). The Morgan fingerprint density at radius 2 is 1.68 bits per heavy atom. The van der Waals surface area contributed by atoms with Crippen LogP contribution in [0.4, 0.5) is 5.69 Å². The molecule has 2 aromatic heterocycles. The number of hydrogen-bond donors (Lipinski definition) is 6. The normalized spacial score (nSPS) is 11.8. The molecular weight excluding hydrogens is 440 g/mol. The molecular formula is C23H22N6O5. The molecule has 0 saturated heterocycles. The topological polar surface area (TPSA) is 169 Å². The largest absolute Gasteiger partial charge is 0.361 e. The van der Waals surface area contributed by atoms with Gasteiger partial charge in [0, 0.05) is 30.4 Å². The molecule has 2 aromatic carbocycles. The van der Waals surface area contributed by atoms with Crippen LogP contribution in [0.25, 0.3) is 21.7 Å². The van der Waals surface area contributed by atoms with Crippen LogP contribution in [0.5, 0.6) is 0 Å². The van der Waals surface area contributed by atoms with Crippen LogP contribution in [0, 0.1) is 0 Å². The fraction of sp³-hybridized carbons (Fsp3) is 0.174. The van der Waals surface area contributed by atoms with E-state index in [0.717, 1.165) is 16.5 Å². The molecule has 0 bridgehead atoms. The molecule has 0 spiro atoms. The van der Waals surface area contributed by atoms with Gasteiger partial charge >= 0.3 is 0 Å². The summed E-state index contributed by atoms with van der Waals surface area (Å²) >= 11 is 0. The number of H-pyrrole nitrogens is 3. The predicted molar refractivity (Wildman–Crippen MR) is 126 cm³/mol. The van der Waals surface area contributed by atoms with Gasteiger partial charge in [-0.2, -0.15) is 0 Å². The van der Waals surface area contributed by atoms with Crippen molar-refractivity contribution in [1.82, 2.24) is 25.8 Å². The Labute approximate surface area is 191 Å². The van der Waals surface area contributed by atoms with E-state index in [1.54, 1.807) is 6.20 Å². The Morgan fingerprint density at radius 3 is 2.47 bits per heavy atom. The van der Waals surface area contributed by atoms with Gasteiger partial charge < -0.3 is 20.9 Å². The summed E-state index contributed by atoms with van der Waals surface area (Å²) in [6.07, 6.45) is 2.00. The summed E-state index contributed by atoms with van der Waals surface area (Å²) in [6, 6.07) is 11.2. The minimum absolute atomic E-state index is 0.0291. The predicted octanol–water partition coefficient (Wildman–Crippen LogP) is 0.500. The van der Waals surface area contributed by atoms with Crippen molar-refractivity contribution < 1.29 is 14.4 Å². The van der Waals surface area contributed by atoms with Crippen LogP contribution in [0.15, 0.2) is 58.3 Å². The molecule has 174 valence electrons. The fourth-order valence-electron chi connectivity index (χ4n) is 3.79. The van der Waals surface area contributed by atoms with Gasteiger partial charge in [0.05, 0.1) is 23.0 Å². The highest BCUT2D eigenvalue weighted by Crippen LogP contribution is 2.19. The second-order valence-corrected chi connectivity index (χ2v) is 7.72. The van der Waals surface area contributed by atoms with E-state index in [9.17, 15) is 24.0 Å². The van der Waals surface area contributed by atoms with Crippen molar-refractivity contribution in [2.75, 3.05) is 11.9 Å². The van der Waals surface area contributed by atoms with Crippen LogP contribution >= 0.6 is 0 Å². The van der Waals surface area contributed by atoms with Crippen LogP contribution in [0.2, 0.25) is 0 Å². The Hall–Kier alpha value is -4.67. The smallest absolute Gasteiger partial charge is 0.272 e. The zero-order chi connectivity index (χ0) is 24.2. The number of aromatic amines is 3. The van der Waals surface area contributed by atoms with Gasteiger partial charge in [0.25, 0.3) is 11.1 Å². The lowest BCUT2D eigenvalue weighted by Gasteiger charge is -2.17. The highest BCUT2D eigenvalue weighted by Gasteiger charge is 2.22. The molecule has 6 N–H and O–H groups in total. The number of amides is 3. The number of benzene rings is 2. The Bertz CT molecular complexity index is 1520. The maximum atomic E-state index is 12.8. The Morgan fingerprint density at radius 1 is 0.941 bits per heavy atom. The first-order valence-electron chi connectivity index (χ1n) is 10.5. The highest BCUT2D eigenvalue weighted by atomic mass is 16.2. The molecule has 0 fully saturated rings. The van der Waals surface area contributed by atoms with Crippen LogP contribution in [-0.4, -0.2) is 45.5 Å². The third-order valence-corrected chi connectivity index (χ3v) is 5.32. The van der Waals surface area contributed by atoms with E-state index in [4.69, 9.17) is 0 Å². The molecule has 4 aromatic rings. The highest BCUT2D eigenvalue weighted by molar-refractivity contribution is 6.03. The number of aromatic nitrogens is 3. The van der Waals surface area contributed by atoms with E-state index >= 15 is 0 Å². The first kappa shape index (κ1) is 22.5. The second-order valence-electron chi connectivity index (χ2n) is 7.72. The summed E-state index contributed by atoms with van der Waals surface area (Å²) in [4.78, 5) is 64.1. The molecule has 11 nitrogen and oxygen atoms in total. The zero-order valence-electron chi connectivity index (χ0n) is 18.2. The summed E-state index contributed by atoms with van der Waals surface area (Å²) in [6.45, 7) is 0.905. The summed E-state index contributed by atoms with van der Waals surface area (Å²) in [5, 5.41) is 13.2. The molecule has 0 aliphatic heterocycles. The second kappa shape index (κ2) is 9.45. The minimum Gasteiger partial charge on any atom is -0.361 e. The van der Waals surface area contributed by atoms with Crippen molar-refractivity contribution >= 4 is 45.1 Å². The summed E-state index contributed by atoms with van der Waals surface area (Å²) in [5.74, 6) is -1.53. The number of nitrogens with one attached hydrogen (secondary N) is 6. The molecule has 3 amide bonds. The zero-order valence-corrected chi connectivity index (χ0v) is 18.2. The van der Waals surface area contributed by atoms with Crippen molar-refractivity contribution in [1.29, 1.82) is 0 Å². The number of anilines is 1. The molecule has 34 heavy (non-hydrogen) atoms. The van der Waals surface area contributed by atoms with Crippen molar-refractivity contribution in [2.45, 2.75) is 19.4 Å². The molecule has 0 aliphatic rings. The van der Waals surface area contributed by atoms with E-state index in [1.165, 1.54) is 25.1 Å². The van der Waals surface area contributed by atoms with Gasteiger partial charge in [-0.15, -0.1) is 0 Å².